The van der Waals surface area contributed by atoms with Crippen LogP contribution in [-0.2, 0) is 5.41 Å². The first-order valence-corrected chi connectivity index (χ1v) is 8.42. The van der Waals surface area contributed by atoms with E-state index in [2.05, 4.69) is 64.2 Å². The van der Waals surface area contributed by atoms with Gasteiger partial charge in [0.05, 0.1) is 0 Å². The van der Waals surface area contributed by atoms with E-state index in [1.807, 2.05) is 11.8 Å². The van der Waals surface area contributed by atoms with Crippen LogP contribution in [0.3, 0.4) is 0 Å². The van der Waals surface area contributed by atoms with Gasteiger partial charge in [-0.05, 0) is 42.5 Å². The topological polar surface area (TPSA) is 12.0 Å². The molecule has 0 spiro atoms. The second-order valence-corrected chi connectivity index (χ2v) is 7.24. The van der Waals surface area contributed by atoms with Crippen LogP contribution in [0.4, 0.5) is 0 Å². The lowest BCUT2D eigenvalue weighted by atomic mass is 9.87. The molecule has 19 heavy (non-hydrogen) atoms. The van der Waals surface area contributed by atoms with E-state index in [0.29, 0.717) is 6.04 Å². The summed E-state index contributed by atoms with van der Waals surface area (Å²) in [5.41, 5.74) is 1.66. The van der Waals surface area contributed by atoms with Crippen molar-refractivity contribution in [3.05, 3.63) is 29.8 Å². The molecule has 0 aliphatic heterocycles. The molecule has 0 aliphatic carbocycles. The van der Waals surface area contributed by atoms with Gasteiger partial charge in [0.1, 0.15) is 0 Å². The average Bonchev–Trinajstić information content (AvgIpc) is 2.38. The van der Waals surface area contributed by atoms with Crippen molar-refractivity contribution in [2.24, 2.45) is 0 Å². The van der Waals surface area contributed by atoms with Crippen LogP contribution in [0.5, 0.6) is 0 Å². The van der Waals surface area contributed by atoms with Gasteiger partial charge in [0.15, 0.2) is 0 Å². The Balaban J connectivity index is 2.49. The maximum absolute atomic E-state index is 3.60. The molecule has 1 atom stereocenters. The van der Waals surface area contributed by atoms with Gasteiger partial charge in [-0.1, -0.05) is 46.8 Å². The Labute approximate surface area is 123 Å². The summed E-state index contributed by atoms with van der Waals surface area (Å²) in [7, 11) is 0. The van der Waals surface area contributed by atoms with Crippen LogP contribution in [0.25, 0.3) is 0 Å². The SMILES string of the molecule is CCCNC(CC)CSc1ccc(C(C)(C)C)cc1. The molecule has 0 bridgehead atoms. The highest BCUT2D eigenvalue weighted by Crippen LogP contribution is 2.26. The Morgan fingerprint density at radius 2 is 1.74 bits per heavy atom. The Kier molecular flexibility index (Phi) is 6.95. The fourth-order valence-electron chi connectivity index (χ4n) is 1.92. The minimum absolute atomic E-state index is 0.248. The largest absolute Gasteiger partial charge is 0.313 e. The predicted octanol–water partition coefficient (Wildman–Crippen LogP) is 4.85. The van der Waals surface area contributed by atoms with Gasteiger partial charge in [-0.3, -0.25) is 0 Å². The van der Waals surface area contributed by atoms with Crippen LogP contribution >= 0.6 is 11.8 Å². The van der Waals surface area contributed by atoms with E-state index >= 15 is 0 Å². The minimum atomic E-state index is 0.248. The monoisotopic (exact) mass is 279 g/mol. The first kappa shape index (κ1) is 16.6. The first-order chi connectivity index (χ1) is 8.97. The summed E-state index contributed by atoms with van der Waals surface area (Å²) in [4.78, 5) is 1.38. The van der Waals surface area contributed by atoms with Gasteiger partial charge in [0.2, 0.25) is 0 Å². The first-order valence-electron chi connectivity index (χ1n) is 7.44. The van der Waals surface area contributed by atoms with E-state index in [0.717, 1.165) is 12.3 Å². The molecule has 2 heteroatoms. The highest BCUT2D eigenvalue weighted by atomic mass is 32.2. The zero-order chi connectivity index (χ0) is 14.3. The lowest BCUT2D eigenvalue weighted by molar-refractivity contribution is 0.539. The van der Waals surface area contributed by atoms with Crippen molar-refractivity contribution in [3.8, 4) is 0 Å². The molecule has 0 radical (unpaired) electrons. The van der Waals surface area contributed by atoms with Crippen LogP contribution in [0.1, 0.15) is 53.0 Å². The van der Waals surface area contributed by atoms with E-state index in [1.54, 1.807) is 0 Å². The number of hydrogen-bond acceptors (Lipinski definition) is 2. The lowest BCUT2D eigenvalue weighted by Crippen LogP contribution is -2.31. The van der Waals surface area contributed by atoms with Gasteiger partial charge in [-0.25, -0.2) is 0 Å². The normalized spacial score (nSPS) is 13.5. The minimum Gasteiger partial charge on any atom is -0.313 e. The number of nitrogens with one attached hydrogen (secondary N) is 1. The summed E-state index contributed by atoms with van der Waals surface area (Å²) < 4.78 is 0. The average molecular weight is 279 g/mol. The third-order valence-electron chi connectivity index (χ3n) is 3.35. The third kappa shape index (κ3) is 6.01. The molecule has 1 aromatic carbocycles. The molecule has 1 N–H and O–H groups in total. The quantitative estimate of drug-likeness (QED) is 0.716. The fourth-order valence-corrected chi connectivity index (χ4v) is 2.99. The van der Waals surface area contributed by atoms with Gasteiger partial charge >= 0.3 is 0 Å². The number of hydrogen-bond donors (Lipinski definition) is 1. The van der Waals surface area contributed by atoms with Gasteiger partial charge < -0.3 is 5.32 Å². The number of thioether (sulfide) groups is 1. The van der Waals surface area contributed by atoms with Crippen LogP contribution in [0.2, 0.25) is 0 Å². The fraction of sp³-hybridized carbons (Fsp3) is 0.647. The molecule has 0 saturated heterocycles. The lowest BCUT2D eigenvalue weighted by Gasteiger charge is -2.19. The summed E-state index contributed by atoms with van der Waals surface area (Å²) in [6.07, 6.45) is 2.41. The van der Waals surface area contributed by atoms with Crippen LogP contribution in [-0.4, -0.2) is 18.3 Å². The van der Waals surface area contributed by atoms with Crippen LogP contribution in [0.15, 0.2) is 29.2 Å². The molecule has 0 aromatic heterocycles. The third-order valence-corrected chi connectivity index (χ3v) is 4.52. The molecule has 1 nitrogen and oxygen atoms in total. The highest BCUT2D eigenvalue weighted by Gasteiger charge is 2.13. The van der Waals surface area contributed by atoms with Crippen molar-refractivity contribution in [1.82, 2.24) is 5.32 Å². The van der Waals surface area contributed by atoms with E-state index < -0.39 is 0 Å². The van der Waals surface area contributed by atoms with E-state index in [1.165, 1.54) is 23.3 Å². The Hall–Kier alpha value is -0.470. The second-order valence-electron chi connectivity index (χ2n) is 6.14. The molecule has 0 saturated carbocycles. The summed E-state index contributed by atoms with van der Waals surface area (Å²) in [6, 6.07) is 9.69. The molecule has 1 rings (SSSR count). The maximum Gasteiger partial charge on any atom is 0.0159 e. The van der Waals surface area contributed by atoms with Crippen molar-refractivity contribution in [2.75, 3.05) is 12.3 Å². The zero-order valence-corrected chi connectivity index (χ0v) is 13.9. The number of rotatable bonds is 7. The number of benzene rings is 1. The Bertz CT molecular complexity index is 351. The van der Waals surface area contributed by atoms with E-state index in [9.17, 15) is 0 Å². The van der Waals surface area contributed by atoms with Gasteiger partial charge in [0.25, 0.3) is 0 Å². The standard InChI is InChI=1S/C17H29NS/c1-6-12-18-15(7-2)13-19-16-10-8-14(9-11-16)17(3,4)5/h8-11,15,18H,6-7,12-13H2,1-5H3. The van der Waals surface area contributed by atoms with Crippen LogP contribution in [0, 0.1) is 0 Å². The molecular formula is C17H29NS. The summed E-state index contributed by atoms with van der Waals surface area (Å²) in [5, 5.41) is 3.60. The van der Waals surface area contributed by atoms with E-state index in [4.69, 9.17) is 0 Å². The molecule has 0 amide bonds. The van der Waals surface area contributed by atoms with Crippen molar-refractivity contribution >= 4 is 11.8 Å². The Morgan fingerprint density at radius 1 is 1.11 bits per heavy atom. The van der Waals surface area contributed by atoms with Crippen LogP contribution < -0.4 is 5.32 Å². The van der Waals surface area contributed by atoms with Gasteiger partial charge in [-0.15, -0.1) is 11.8 Å². The van der Waals surface area contributed by atoms with Crippen molar-refractivity contribution in [1.29, 1.82) is 0 Å². The van der Waals surface area contributed by atoms with Crippen molar-refractivity contribution in [3.63, 3.8) is 0 Å². The van der Waals surface area contributed by atoms with Crippen molar-refractivity contribution < 1.29 is 0 Å². The maximum atomic E-state index is 3.60. The molecule has 1 aromatic rings. The van der Waals surface area contributed by atoms with Gasteiger partial charge in [0, 0.05) is 16.7 Å². The molecule has 108 valence electrons. The predicted molar refractivity (Wildman–Crippen MR) is 88.2 cm³/mol. The Morgan fingerprint density at radius 3 is 2.21 bits per heavy atom. The van der Waals surface area contributed by atoms with E-state index in [-0.39, 0.29) is 5.41 Å². The molecular weight excluding hydrogens is 250 g/mol. The zero-order valence-electron chi connectivity index (χ0n) is 13.1. The molecule has 0 fully saturated rings. The summed E-state index contributed by atoms with van der Waals surface area (Å²) in [6.45, 7) is 12.4. The second kappa shape index (κ2) is 7.96. The van der Waals surface area contributed by atoms with Crippen molar-refractivity contribution in [2.45, 2.75) is 63.8 Å². The molecule has 0 aliphatic rings. The molecule has 1 unspecified atom stereocenters. The smallest absolute Gasteiger partial charge is 0.0159 e. The highest BCUT2D eigenvalue weighted by molar-refractivity contribution is 7.99. The van der Waals surface area contributed by atoms with Gasteiger partial charge in [-0.2, -0.15) is 0 Å². The molecule has 0 heterocycles. The summed E-state index contributed by atoms with van der Waals surface area (Å²) in [5.74, 6) is 1.16. The summed E-state index contributed by atoms with van der Waals surface area (Å²) >= 11 is 1.96.